The number of para-hydroxylation sites is 1. The van der Waals surface area contributed by atoms with Crippen LogP contribution in [0, 0.1) is 0 Å². The lowest BCUT2D eigenvalue weighted by Gasteiger charge is -2.29. The first-order valence-electron chi connectivity index (χ1n) is 8.20. The van der Waals surface area contributed by atoms with E-state index in [-0.39, 0.29) is 12.0 Å². The van der Waals surface area contributed by atoms with Crippen LogP contribution < -0.4 is 0 Å². The molecule has 1 fully saturated rings. The van der Waals surface area contributed by atoms with Crippen molar-refractivity contribution < 1.29 is 14.3 Å². The molecule has 0 aliphatic carbocycles. The highest BCUT2D eigenvalue weighted by Crippen LogP contribution is 2.32. The number of likely N-dealkylation sites (tertiary alicyclic amines) is 1. The second-order valence-electron chi connectivity index (χ2n) is 6.16. The number of aliphatic hydroxyl groups excluding tert-OH is 1. The molecule has 0 bridgehead atoms. The van der Waals surface area contributed by atoms with E-state index in [1.165, 1.54) is 0 Å². The van der Waals surface area contributed by atoms with Gasteiger partial charge in [-0.2, -0.15) is 0 Å². The number of aliphatic hydroxyl groups is 1. The third-order valence-electron chi connectivity index (χ3n) is 4.53. The van der Waals surface area contributed by atoms with Crippen LogP contribution in [0.3, 0.4) is 0 Å². The van der Waals surface area contributed by atoms with Gasteiger partial charge in [-0.15, -0.1) is 11.8 Å². The van der Waals surface area contributed by atoms with E-state index in [0.29, 0.717) is 31.7 Å². The van der Waals surface area contributed by atoms with Gasteiger partial charge in [-0.25, -0.2) is 0 Å². The first-order valence-corrected chi connectivity index (χ1v) is 9.19. The van der Waals surface area contributed by atoms with Crippen LogP contribution in [0.1, 0.15) is 12.8 Å². The largest absolute Gasteiger partial charge is 0.456 e. The average Bonchev–Trinajstić information content (AvgIpc) is 2.98. The fraction of sp³-hybridized carbons (Fsp3) is 0.316. The number of rotatable bonds is 3. The number of carbonyl (C=O) groups excluding carboxylic acids is 1. The number of carbonyl (C=O) groups is 1. The standard InChI is InChI=1S/C19H19NO3S/c21-13-7-9-20(10-8-13)19(22)12-24-14-5-6-18-16(11-14)15-3-1-2-4-17(15)23-18/h1-6,11,13,21H,7-10,12H2. The Morgan fingerprint density at radius 1 is 1.12 bits per heavy atom. The number of nitrogens with zero attached hydrogens (tertiary/aromatic N) is 1. The van der Waals surface area contributed by atoms with Gasteiger partial charge in [-0.3, -0.25) is 4.79 Å². The second kappa shape index (κ2) is 6.49. The van der Waals surface area contributed by atoms with Crippen LogP contribution in [0.4, 0.5) is 0 Å². The van der Waals surface area contributed by atoms with Gasteiger partial charge in [0.2, 0.25) is 5.91 Å². The lowest BCUT2D eigenvalue weighted by atomic mass is 10.1. The molecule has 1 N–H and O–H groups in total. The van der Waals surface area contributed by atoms with Crippen molar-refractivity contribution >= 4 is 39.6 Å². The molecule has 0 spiro atoms. The summed E-state index contributed by atoms with van der Waals surface area (Å²) in [6, 6.07) is 14.1. The molecule has 3 aromatic rings. The number of hydrogen-bond acceptors (Lipinski definition) is 4. The zero-order valence-electron chi connectivity index (χ0n) is 13.3. The highest BCUT2D eigenvalue weighted by atomic mass is 32.2. The normalized spacial score (nSPS) is 16.1. The van der Waals surface area contributed by atoms with Crippen LogP contribution in [0.15, 0.2) is 51.8 Å². The first-order chi connectivity index (χ1) is 11.7. The molecular weight excluding hydrogens is 322 g/mol. The average molecular weight is 341 g/mol. The highest BCUT2D eigenvalue weighted by Gasteiger charge is 2.21. The van der Waals surface area contributed by atoms with Gasteiger partial charge in [-0.05, 0) is 37.1 Å². The molecule has 0 radical (unpaired) electrons. The van der Waals surface area contributed by atoms with E-state index in [1.54, 1.807) is 11.8 Å². The van der Waals surface area contributed by atoms with Crippen molar-refractivity contribution in [2.45, 2.75) is 23.8 Å². The Kier molecular flexibility index (Phi) is 4.21. The van der Waals surface area contributed by atoms with E-state index in [9.17, 15) is 9.90 Å². The number of amides is 1. The summed E-state index contributed by atoms with van der Waals surface area (Å²) < 4.78 is 5.83. The van der Waals surface area contributed by atoms with Crippen LogP contribution >= 0.6 is 11.8 Å². The van der Waals surface area contributed by atoms with Crippen molar-refractivity contribution in [3.05, 3.63) is 42.5 Å². The summed E-state index contributed by atoms with van der Waals surface area (Å²) in [6.45, 7) is 1.32. The van der Waals surface area contributed by atoms with Crippen molar-refractivity contribution in [2.24, 2.45) is 0 Å². The quantitative estimate of drug-likeness (QED) is 0.739. The zero-order chi connectivity index (χ0) is 16.5. The number of benzene rings is 2. The van der Waals surface area contributed by atoms with E-state index >= 15 is 0 Å². The third-order valence-corrected chi connectivity index (χ3v) is 5.51. The maximum absolute atomic E-state index is 12.3. The second-order valence-corrected chi connectivity index (χ2v) is 7.21. The fourth-order valence-corrected chi connectivity index (χ4v) is 3.98. The van der Waals surface area contributed by atoms with E-state index in [0.717, 1.165) is 26.8 Å². The summed E-state index contributed by atoms with van der Waals surface area (Å²) in [5.41, 5.74) is 1.76. The van der Waals surface area contributed by atoms with Gasteiger partial charge in [0.25, 0.3) is 0 Å². The van der Waals surface area contributed by atoms with E-state index in [1.807, 2.05) is 35.2 Å². The first kappa shape index (κ1) is 15.5. The van der Waals surface area contributed by atoms with Crippen LogP contribution in [-0.2, 0) is 4.79 Å². The summed E-state index contributed by atoms with van der Waals surface area (Å²) in [6.07, 6.45) is 1.12. The number of piperidine rings is 1. The van der Waals surface area contributed by atoms with Gasteiger partial charge < -0.3 is 14.4 Å². The van der Waals surface area contributed by atoms with Crippen molar-refractivity contribution in [2.75, 3.05) is 18.8 Å². The molecule has 1 aliphatic heterocycles. The van der Waals surface area contributed by atoms with Gasteiger partial charge in [0, 0.05) is 28.8 Å². The molecule has 1 aliphatic rings. The molecule has 0 atom stereocenters. The maximum Gasteiger partial charge on any atom is 0.232 e. The molecule has 1 aromatic heterocycles. The molecule has 124 valence electrons. The van der Waals surface area contributed by atoms with Crippen LogP contribution in [0.5, 0.6) is 0 Å². The number of hydrogen-bond donors (Lipinski definition) is 1. The van der Waals surface area contributed by atoms with E-state index < -0.39 is 0 Å². The van der Waals surface area contributed by atoms with Crippen LogP contribution in [0.25, 0.3) is 21.9 Å². The molecule has 0 unspecified atom stereocenters. The molecule has 0 saturated carbocycles. The Morgan fingerprint density at radius 3 is 2.71 bits per heavy atom. The molecule has 4 rings (SSSR count). The minimum absolute atomic E-state index is 0.143. The number of furan rings is 1. The Morgan fingerprint density at radius 2 is 1.88 bits per heavy atom. The van der Waals surface area contributed by atoms with Crippen molar-refractivity contribution in [3.8, 4) is 0 Å². The smallest absolute Gasteiger partial charge is 0.232 e. The maximum atomic E-state index is 12.3. The summed E-state index contributed by atoms with van der Waals surface area (Å²) in [4.78, 5) is 15.2. The Bertz CT molecular complexity index is 881. The molecule has 5 heteroatoms. The Labute approximate surface area is 144 Å². The van der Waals surface area contributed by atoms with Crippen molar-refractivity contribution in [1.82, 2.24) is 4.90 Å². The minimum atomic E-state index is -0.251. The predicted molar refractivity (Wildman–Crippen MR) is 96.3 cm³/mol. The minimum Gasteiger partial charge on any atom is -0.456 e. The zero-order valence-corrected chi connectivity index (χ0v) is 14.1. The summed E-state index contributed by atoms with van der Waals surface area (Å²) in [5.74, 6) is 0.571. The van der Waals surface area contributed by atoms with Gasteiger partial charge in [0.15, 0.2) is 0 Å². The molecule has 1 amide bonds. The molecule has 2 aromatic carbocycles. The topological polar surface area (TPSA) is 53.7 Å². The molecule has 24 heavy (non-hydrogen) atoms. The number of thioether (sulfide) groups is 1. The lowest BCUT2D eigenvalue weighted by Crippen LogP contribution is -2.40. The highest BCUT2D eigenvalue weighted by molar-refractivity contribution is 8.00. The predicted octanol–water partition coefficient (Wildman–Crippen LogP) is 3.66. The van der Waals surface area contributed by atoms with Crippen molar-refractivity contribution in [3.63, 3.8) is 0 Å². The van der Waals surface area contributed by atoms with E-state index in [2.05, 4.69) is 12.1 Å². The van der Waals surface area contributed by atoms with Gasteiger partial charge >= 0.3 is 0 Å². The van der Waals surface area contributed by atoms with Gasteiger partial charge in [0.1, 0.15) is 11.2 Å². The summed E-state index contributed by atoms with van der Waals surface area (Å²) in [7, 11) is 0. The SMILES string of the molecule is O=C(CSc1ccc2oc3ccccc3c2c1)N1CCC(O)CC1. The van der Waals surface area contributed by atoms with Crippen molar-refractivity contribution in [1.29, 1.82) is 0 Å². The fourth-order valence-electron chi connectivity index (χ4n) is 3.15. The Balaban J connectivity index is 1.48. The van der Waals surface area contributed by atoms with E-state index in [4.69, 9.17) is 4.42 Å². The molecule has 2 heterocycles. The monoisotopic (exact) mass is 341 g/mol. The van der Waals surface area contributed by atoms with Gasteiger partial charge in [-0.1, -0.05) is 18.2 Å². The summed E-state index contributed by atoms with van der Waals surface area (Å²) >= 11 is 1.55. The molecule has 1 saturated heterocycles. The molecular formula is C19H19NO3S. The third kappa shape index (κ3) is 3.01. The lowest BCUT2D eigenvalue weighted by molar-refractivity contribution is -0.130. The van der Waals surface area contributed by atoms with Gasteiger partial charge in [0.05, 0.1) is 11.9 Å². The number of fused-ring (bicyclic) bond motifs is 3. The molecule has 4 nitrogen and oxygen atoms in total. The Hall–Kier alpha value is -1.98. The van der Waals surface area contributed by atoms with Crippen LogP contribution in [0.2, 0.25) is 0 Å². The van der Waals surface area contributed by atoms with Crippen LogP contribution in [-0.4, -0.2) is 40.9 Å². The summed E-state index contributed by atoms with van der Waals surface area (Å²) in [5, 5.41) is 11.7.